The summed E-state index contributed by atoms with van der Waals surface area (Å²) in [5, 5.41) is 10.9. The number of fused-ring (bicyclic) bond motifs is 12. The van der Waals surface area contributed by atoms with Crippen LogP contribution in [0.1, 0.15) is 0 Å². The predicted molar refractivity (Wildman–Crippen MR) is 292 cm³/mol. The average molecular weight is 937 g/mol. The maximum atomic E-state index is 15.6. The Bertz CT molecular complexity index is 3980. The second kappa shape index (κ2) is 17.3. The SMILES string of the molecule is Fc1ccc2c(c1)c1cc(N(c3ccccc3)c3ccc(-c4ccccc4F)cc3)ccc1c1cc3c4ccc(F)cc4c4cc(N(c5ccccc5)c5ccc(-c6ccccc6F)cc5)ccc4c3cc21. The van der Waals surface area contributed by atoms with E-state index in [1.807, 2.05) is 133 Å². The highest BCUT2D eigenvalue weighted by Crippen LogP contribution is 2.46. The van der Waals surface area contributed by atoms with E-state index in [0.717, 1.165) is 110 Å². The van der Waals surface area contributed by atoms with Gasteiger partial charge in [-0.25, -0.2) is 17.6 Å². The van der Waals surface area contributed by atoms with Crippen LogP contribution in [0.5, 0.6) is 0 Å². The molecule has 0 radical (unpaired) electrons. The summed E-state index contributed by atoms with van der Waals surface area (Å²) in [5.41, 5.74) is 7.94. The Labute approximate surface area is 412 Å². The van der Waals surface area contributed by atoms with E-state index in [1.165, 1.54) is 24.3 Å². The molecule has 72 heavy (non-hydrogen) atoms. The standard InChI is InChI=1S/C66H40F4N2/c67-43-23-31-53-57(35-43)59-37-49(71(45-11-3-1-4-12-45)47-25-19-41(20-26-47)51-15-7-9-17-65(51)69)29-33-55(59)63-39-62-54-32-24-44(68)36-58(54)60-38-50(30-34-56(60)64(62)40-61(53)63)72(46-13-5-2-6-14-46)48-27-21-42(22-28-48)52-16-8-10-18-66(52)70/h1-40H. The van der Waals surface area contributed by atoms with E-state index in [-0.39, 0.29) is 23.3 Å². The summed E-state index contributed by atoms with van der Waals surface area (Å²) in [6.45, 7) is 0. The van der Waals surface area contributed by atoms with Crippen LogP contribution in [0.15, 0.2) is 243 Å². The summed E-state index contributed by atoms with van der Waals surface area (Å²) in [7, 11) is 0. The molecule has 0 unspecified atom stereocenters. The molecule has 6 heteroatoms. The molecular weight excluding hydrogens is 897 g/mol. The van der Waals surface area contributed by atoms with Crippen LogP contribution in [0, 0.1) is 23.3 Å². The fraction of sp³-hybridized carbons (Fsp3) is 0. The lowest BCUT2D eigenvalue weighted by Gasteiger charge is -2.27. The van der Waals surface area contributed by atoms with Crippen molar-refractivity contribution in [3.8, 4) is 22.3 Å². The van der Waals surface area contributed by atoms with Gasteiger partial charge in [0, 0.05) is 45.3 Å². The van der Waals surface area contributed by atoms with Crippen LogP contribution in [0.25, 0.3) is 86.9 Å². The molecule has 0 heterocycles. The van der Waals surface area contributed by atoms with Gasteiger partial charge in [0.25, 0.3) is 0 Å². The molecule has 13 rings (SSSR count). The summed E-state index contributed by atoms with van der Waals surface area (Å²) in [6.07, 6.45) is 0. The molecule has 13 aromatic carbocycles. The molecule has 0 aromatic heterocycles. The topological polar surface area (TPSA) is 6.48 Å². The van der Waals surface area contributed by atoms with Gasteiger partial charge >= 0.3 is 0 Å². The lowest BCUT2D eigenvalue weighted by atomic mass is 9.88. The predicted octanol–water partition coefficient (Wildman–Crippen LogP) is 19.4. The van der Waals surface area contributed by atoms with E-state index in [9.17, 15) is 8.78 Å². The normalized spacial score (nSPS) is 11.6. The van der Waals surface area contributed by atoms with Crippen LogP contribution in [-0.4, -0.2) is 0 Å². The molecule has 0 aliphatic heterocycles. The Morgan fingerprint density at radius 3 is 0.875 bits per heavy atom. The van der Waals surface area contributed by atoms with Crippen LogP contribution >= 0.6 is 0 Å². The second-order valence-electron chi connectivity index (χ2n) is 18.2. The molecule has 0 aliphatic carbocycles. The van der Waals surface area contributed by atoms with Crippen molar-refractivity contribution in [1.82, 2.24) is 0 Å². The quantitative estimate of drug-likeness (QED) is 0.0851. The Hall–Kier alpha value is -9.26. The molecule has 0 atom stereocenters. The van der Waals surface area contributed by atoms with E-state index in [1.54, 1.807) is 36.4 Å². The molecule has 2 nitrogen and oxygen atoms in total. The summed E-state index contributed by atoms with van der Waals surface area (Å²) < 4.78 is 61.0. The highest BCUT2D eigenvalue weighted by molar-refractivity contribution is 6.33. The fourth-order valence-corrected chi connectivity index (χ4v) is 10.7. The van der Waals surface area contributed by atoms with Crippen molar-refractivity contribution in [3.63, 3.8) is 0 Å². The third-order valence-corrected chi connectivity index (χ3v) is 14.0. The lowest BCUT2D eigenvalue weighted by Crippen LogP contribution is -2.09. The van der Waals surface area contributed by atoms with Gasteiger partial charge in [-0.3, -0.25) is 0 Å². The molecule has 0 N–H and O–H groups in total. The van der Waals surface area contributed by atoms with Crippen LogP contribution in [0.2, 0.25) is 0 Å². The van der Waals surface area contributed by atoms with Gasteiger partial charge in [-0.15, -0.1) is 0 Å². The number of halogens is 4. The minimum Gasteiger partial charge on any atom is -0.310 e. The van der Waals surface area contributed by atoms with Crippen molar-refractivity contribution >= 4 is 98.8 Å². The first-order valence-electron chi connectivity index (χ1n) is 23.8. The van der Waals surface area contributed by atoms with Gasteiger partial charge in [-0.05, 0) is 197 Å². The Kier molecular flexibility index (Phi) is 10.3. The number of benzene rings is 13. The average Bonchev–Trinajstić information content (AvgIpc) is 3.42. The van der Waals surface area contributed by atoms with Crippen LogP contribution in [-0.2, 0) is 0 Å². The van der Waals surface area contributed by atoms with Crippen LogP contribution in [0.3, 0.4) is 0 Å². The number of nitrogens with zero attached hydrogens (tertiary/aromatic N) is 2. The van der Waals surface area contributed by atoms with Crippen molar-refractivity contribution in [1.29, 1.82) is 0 Å². The van der Waals surface area contributed by atoms with Crippen molar-refractivity contribution in [2.24, 2.45) is 0 Å². The summed E-state index contributed by atoms with van der Waals surface area (Å²) in [6, 6.07) is 76.5. The third-order valence-electron chi connectivity index (χ3n) is 14.0. The molecule has 342 valence electrons. The molecule has 0 bridgehead atoms. The molecule has 0 aliphatic rings. The minimum absolute atomic E-state index is 0.283. The van der Waals surface area contributed by atoms with Gasteiger partial charge in [-0.1, -0.05) is 121 Å². The third kappa shape index (κ3) is 7.26. The maximum absolute atomic E-state index is 15.6. The smallest absolute Gasteiger partial charge is 0.131 e. The van der Waals surface area contributed by atoms with E-state index < -0.39 is 0 Å². The first kappa shape index (κ1) is 42.8. The molecule has 0 spiro atoms. The van der Waals surface area contributed by atoms with Crippen molar-refractivity contribution in [2.45, 2.75) is 0 Å². The van der Waals surface area contributed by atoms with Crippen LogP contribution < -0.4 is 9.80 Å². The Morgan fingerprint density at radius 1 is 0.208 bits per heavy atom. The second-order valence-corrected chi connectivity index (χ2v) is 18.2. The summed E-state index contributed by atoms with van der Waals surface area (Å²) in [5.74, 6) is -1.24. The molecule has 0 saturated heterocycles. The molecule has 0 saturated carbocycles. The summed E-state index contributed by atoms with van der Waals surface area (Å²) in [4.78, 5) is 4.31. The van der Waals surface area contributed by atoms with Crippen molar-refractivity contribution in [3.05, 3.63) is 266 Å². The van der Waals surface area contributed by atoms with Gasteiger partial charge in [-0.2, -0.15) is 0 Å². The molecule has 0 amide bonds. The lowest BCUT2D eigenvalue weighted by molar-refractivity contribution is 0.629. The number of anilines is 6. The van der Waals surface area contributed by atoms with Gasteiger partial charge in [0.15, 0.2) is 0 Å². The first-order chi connectivity index (χ1) is 35.3. The van der Waals surface area contributed by atoms with Crippen molar-refractivity contribution in [2.75, 3.05) is 9.80 Å². The van der Waals surface area contributed by atoms with Crippen LogP contribution in [0.4, 0.5) is 51.7 Å². The fourth-order valence-electron chi connectivity index (χ4n) is 10.7. The zero-order chi connectivity index (χ0) is 48.5. The number of para-hydroxylation sites is 2. The molecule has 0 fully saturated rings. The van der Waals surface area contributed by atoms with E-state index in [0.29, 0.717) is 11.1 Å². The highest BCUT2D eigenvalue weighted by atomic mass is 19.1. The van der Waals surface area contributed by atoms with E-state index >= 15 is 8.78 Å². The van der Waals surface area contributed by atoms with Gasteiger partial charge in [0.1, 0.15) is 23.3 Å². The zero-order valence-electron chi connectivity index (χ0n) is 38.5. The number of rotatable bonds is 8. The maximum Gasteiger partial charge on any atom is 0.131 e. The Morgan fingerprint density at radius 2 is 0.500 bits per heavy atom. The summed E-state index contributed by atoms with van der Waals surface area (Å²) >= 11 is 0. The van der Waals surface area contributed by atoms with Gasteiger partial charge in [0.2, 0.25) is 0 Å². The first-order valence-corrected chi connectivity index (χ1v) is 23.8. The van der Waals surface area contributed by atoms with E-state index in [2.05, 4.69) is 58.3 Å². The minimum atomic E-state index is -0.339. The number of hydrogen-bond donors (Lipinski definition) is 0. The highest BCUT2D eigenvalue weighted by Gasteiger charge is 2.21. The monoisotopic (exact) mass is 936 g/mol. The van der Waals surface area contributed by atoms with Gasteiger partial charge in [0.05, 0.1) is 0 Å². The molecular formula is C66H40F4N2. The molecule has 13 aromatic rings. The zero-order valence-corrected chi connectivity index (χ0v) is 38.5. The Balaban J connectivity index is 1.00. The largest absolute Gasteiger partial charge is 0.310 e. The van der Waals surface area contributed by atoms with Crippen molar-refractivity contribution < 1.29 is 17.6 Å². The number of hydrogen-bond acceptors (Lipinski definition) is 2. The van der Waals surface area contributed by atoms with E-state index in [4.69, 9.17) is 0 Å². The van der Waals surface area contributed by atoms with Gasteiger partial charge < -0.3 is 9.80 Å².